The van der Waals surface area contributed by atoms with E-state index in [0.717, 1.165) is 5.01 Å². The molecule has 1 N–H and O–H groups in total. The Kier molecular flexibility index (Phi) is 3.02. The Labute approximate surface area is 108 Å². The van der Waals surface area contributed by atoms with Crippen molar-refractivity contribution in [3.8, 4) is 0 Å². The van der Waals surface area contributed by atoms with Crippen molar-refractivity contribution in [2.45, 2.75) is 25.2 Å². The molecule has 1 aliphatic rings. The Bertz CT molecular complexity index is 550. The van der Waals surface area contributed by atoms with E-state index in [9.17, 15) is 4.79 Å². The molecule has 1 amide bonds. The SMILES string of the molecule is O=C(Nc1nnc(C2CCC2)s1)c1ccccn1. The summed E-state index contributed by atoms with van der Waals surface area (Å²) in [5.74, 6) is 0.301. The molecule has 0 atom stereocenters. The normalized spacial score (nSPS) is 15.1. The standard InChI is InChI=1S/C12H12N4OS/c17-10(9-6-1-2-7-13-9)14-12-16-15-11(18-12)8-4-3-5-8/h1-2,6-8H,3-5H2,(H,14,16,17). The molecule has 18 heavy (non-hydrogen) atoms. The molecular formula is C12H12N4OS. The summed E-state index contributed by atoms with van der Waals surface area (Å²) in [5.41, 5.74) is 0.387. The zero-order valence-electron chi connectivity index (χ0n) is 9.67. The third-order valence-electron chi connectivity index (χ3n) is 3.01. The Hall–Kier alpha value is -1.82. The van der Waals surface area contributed by atoms with Crippen molar-refractivity contribution >= 4 is 22.4 Å². The van der Waals surface area contributed by atoms with Crippen LogP contribution in [-0.4, -0.2) is 21.1 Å². The van der Waals surface area contributed by atoms with Crippen LogP contribution in [0.25, 0.3) is 0 Å². The van der Waals surface area contributed by atoms with Gasteiger partial charge in [-0.25, -0.2) is 0 Å². The van der Waals surface area contributed by atoms with Crippen LogP contribution in [0, 0.1) is 0 Å². The fraction of sp³-hybridized carbons (Fsp3) is 0.333. The second kappa shape index (κ2) is 4.81. The fourth-order valence-corrected chi connectivity index (χ4v) is 2.67. The average Bonchev–Trinajstić information content (AvgIpc) is 2.76. The van der Waals surface area contributed by atoms with E-state index in [-0.39, 0.29) is 5.91 Å². The van der Waals surface area contributed by atoms with E-state index in [1.54, 1.807) is 24.4 Å². The second-order valence-electron chi connectivity index (χ2n) is 4.24. The number of carbonyl (C=O) groups excluding carboxylic acids is 1. The summed E-state index contributed by atoms with van der Waals surface area (Å²) >= 11 is 1.46. The van der Waals surface area contributed by atoms with Crippen molar-refractivity contribution < 1.29 is 4.79 Å². The molecule has 2 heterocycles. The molecule has 3 rings (SSSR count). The van der Waals surface area contributed by atoms with Gasteiger partial charge in [-0.15, -0.1) is 10.2 Å². The number of rotatable bonds is 3. The van der Waals surface area contributed by atoms with Gasteiger partial charge in [-0.2, -0.15) is 0 Å². The molecule has 0 aromatic carbocycles. The number of hydrogen-bond donors (Lipinski definition) is 1. The van der Waals surface area contributed by atoms with Crippen LogP contribution in [0.5, 0.6) is 0 Å². The van der Waals surface area contributed by atoms with E-state index >= 15 is 0 Å². The van der Waals surface area contributed by atoms with Crippen LogP contribution < -0.4 is 5.32 Å². The molecule has 6 heteroatoms. The molecule has 2 aromatic rings. The van der Waals surface area contributed by atoms with Crippen molar-refractivity contribution in [1.82, 2.24) is 15.2 Å². The predicted octanol–water partition coefficient (Wildman–Crippen LogP) is 2.45. The van der Waals surface area contributed by atoms with Crippen molar-refractivity contribution in [1.29, 1.82) is 0 Å². The quantitative estimate of drug-likeness (QED) is 0.920. The first-order valence-electron chi connectivity index (χ1n) is 5.89. The lowest BCUT2D eigenvalue weighted by molar-refractivity contribution is 0.102. The summed E-state index contributed by atoms with van der Waals surface area (Å²) in [4.78, 5) is 15.8. The number of carbonyl (C=O) groups is 1. The number of aromatic nitrogens is 3. The summed E-state index contributed by atoms with van der Waals surface area (Å²) in [6, 6.07) is 5.22. The minimum Gasteiger partial charge on any atom is -0.295 e. The number of anilines is 1. The van der Waals surface area contributed by atoms with Crippen molar-refractivity contribution in [3.05, 3.63) is 35.1 Å². The molecule has 0 spiro atoms. The first kappa shape index (κ1) is 11.3. The van der Waals surface area contributed by atoms with Gasteiger partial charge >= 0.3 is 0 Å². The van der Waals surface area contributed by atoms with Crippen LogP contribution in [0.1, 0.15) is 40.7 Å². The molecule has 0 saturated heterocycles. The maximum atomic E-state index is 11.8. The van der Waals surface area contributed by atoms with E-state index in [0.29, 0.717) is 16.7 Å². The van der Waals surface area contributed by atoms with Crippen molar-refractivity contribution in [2.24, 2.45) is 0 Å². The van der Waals surface area contributed by atoms with Gasteiger partial charge in [0.2, 0.25) is 5.13 Å². The number of nitrogens with one attached hydrogen (secondary N) is 1. The Morgan fingerprint density at radius 1 is 1.33 bits per heavy atom. The van der Waals surface area contributed by atoms with Crippen molar-refractivity contribution in [2.75, 3.05) is 5.32 Å². The summed E-state index contributed by atoms with van der Waals surface area (Å²) in [7, 11) is 0. The zero-order valence-corrected chi connectivity index (χ0v) is 10.5. The molecule has 1 fully saturated rings. The van der Waals surface area contributed by atoms with Gasteiger partial charge in [-0.1, -0.05) is 23.8 Å². The highest BCUT2D eigenvalue weighted by atomic mass is 32.1. The third kappa shape index (κ3) is 2.24. The Morgan fingerprint density at radius 2 is 2.22 bits per heavy atom. The van der Waals surface area contributed by atoms with Gasteiger partial charge in [-0.3, -0.25) is 15.1 Å². The molecule has 0 unspecified atom stereocenters. The third-order valence-corrected chi connectivity index (χ3v) is 4.01. The van der Waals surface area contributed by atoms with E-state index < -0.39 is 0 Å². The highest BCUT2D eigenvalue weighted by Gasteiger charge is 2.23. The molecule has 0 radical (unpaired) electrons. The van der Waals surface area contributed by atoms with Crippen LogP contribution in [0.4, 0.5) is 5.13 Å². The summed E-state index contributed by atoms with van der Waals surface area (Å²) in [6.45, 7) is 0. The number of nitrogens with zero attached hydrogens (tertiary/aromatic N) is 3. The average molecular weight is 260 g/mol. The van der Waals surface area contributed by atoms with Crippen LogP contribution in [-0.2, 0) is 0 Å². The maximum absolute atomic E-state index is 11.8. The highest BCUT2D eigenvalue weighted by Crippen LogP contribution is 2.38. The smallest absolute Gasteiger partial charge is 0.276 e. The number of pyridine rings is 1. The maximum Gasteiger partial charge on any atom is 0.276 e. The van der Waals surface area contributed by atoms with Crippen LogP contribution in [0.15, 0.2) is 24.4 Å². The van der Waals surface area contributed by atoms with Gasteiger partial charge in [0.1, 0.15) is 10.7 Å². The van der Waals surface area contributed by atoms with Crippen LogP contribution in [0.2, 0.25) is 0 Å². The summed E-state index contributed by atoms with van der Waals surface area (Å²) in [5, 5.41) is 12.4. The summed E-state index contributed by atoms with van der Waals surface area (Å²) in [6.07, 6.45) is 5.22. The first-order valence-corrected chi connectivity index (χ1v) is 6.70. The van der Waals surface area contributed by atoms with Crippen molar-refractivity contribution in [3.63, 3.8) is 0 Å². The molecular weight excluding hydrogens is 248 g/mol. The molecule has 1 saturated carbocycles. The lowest BCUT2D eigenvalue weighted by atomic mass is 9.86. The largest absolute Gasteiger partial charge is 0.295 e. The van der Waals surface area contributed by atoms with Gasteiger partial charge in [-0.05, 0) is 25.0 Å². The van der Waals surface area contributed by atoms with Gasteiger partial charge < -0.3 is 0 Å². The van der Waals surface area contributed by atoms with E-state index in [1.165, 1.54) is 30.6 Å². The summed E-state index contributed by atoms with van der Waals surface area (Å²) < 4.78 is 0. The minimum absolute atomic E-state index is 0.244. The number of hydrogen-bond acceptors (Lipinski definition) is 5. The highest BCUT2D eigenvalue weighted by molar-refractivity contribution is 7.15. The number of amides is 1. The van der Waals surface area contributed by atoms with E-state index in [2.05, 4.69) is 20.5 Å². The van der Waals surface area contributed by atoms with Crippen LogP contribution >= 0.6 is 11.3 Å². The Morgan fingerprint density at radius 3 is 2.89 bits per heavy atom. The fourth-order valence-electron chi connectivity index (χ4n) is 1.76. The lowest BCUT2D eigenvalue weighted by Gasteiger charge is -2.21. The van der Waals surface area contributed by atoms with Gasteiger partial charge in [0.05, 0.1) is 0 Å². The molecule has 0 aliphatic heterocycles. The van der Waals surface area contributed by atoms with Gasteiger partial charge in [0.25, 0.3) is 5.91 Å². The van der Waals surface area contributed by atoms with Gasteiger partial charge in [0, 0.05) is 12.1 Å². The van der Waals surface area contributed by atoms with Crippen LogP contribution in [0.3, 0.4) is 0 Å². The molecule has 2 aromatic heterocycles. The molecule has 5 nitrogen and oxygen atoms in total. The Balaban J connectivity index is 1.69. The predicted molar refractivity (Wildman–Crippen MR) is 68.7 cm³/mol. The van der Waals surface area contributed by atoms with E-state index in [4.69, 9.17) is 0 Å². The molecule has 0 bridgehead atoms. The topological polar surface area (TPSA) is 67.8 Å². The lowest BCUT2D eigenvalue weighted by Crippen LogP contribution is -2.13. The monoisotopic (exact) mass is 260 g/mol. The zero-order chi connectivity index (χ0) is 12.4. The first-order chi connectivity index (χ1) is 8.83. The minimum atomic E-state index is -0.244. The van der Waals surface area contributed by atoms with Gasteiger partial charge in [0.15, 0.2) is 0 Å². The van der Waals surface area contributed by atoms with E-state index in [1.807, 2.05) is 0 Å². The molecule has 1 aliphatic carbocycles. The second-order valence-corrected chi connectivity index (χ2v) is 5.25. The molecule has 92 valence electrons.